The van der Waals surface area contributed by atoms with Crippen molar-refractivity contribution >= 4 is 23.2 Å². The number of benzene rings is 3. The first-order chi connectivity index (χ1) is 14.6. The zero-order valence-electron chi connectivity index (χ0n) is 16.8. The molecule has 0 bridgehead atoms. The number of rotatable bonds is 5. The average molecular weight is 402 g/mol. The second-order valence-electron chi connectivity index (χ2n) is 6.87. The third-order valence-electron chi connectivity index (χ3n) is 5.15. The van der Waals surface area contributed by atoms with Crippen LogP contribution in [0.5, 0.6) is 11.5 Å². The van der Waals surface area contributed by atoms with Crippen LogP contribution in [0.25, 0.3) is 0 Å². The molecule has 1 fully saturated rings. The summed E-state index contributed by atoms with van der Waals surface area (Å²) in [4.78, 5) is 30.1. The molecule has 0 radical (unpaired) electrons. The number of hydrogen-bond donors (Lipinski definition) is 0. The predicted molar refractivity (Wildman–Crippen MR) is 115 cm³/mol. The molecule has 1 aliphatic heterocycles. The summed E-state index contributed by atoms with van der Waals surface area (Å²) >= 11 is 0. The Morgan fingerprint density at radius 1 is 0.833 bits per heavy atom. The van der Waals surface area contributed by atoms with Crippen LogP contribution in [0, 0.1) is 0 Å². The lowest BCUT2D eigenvalue weighted by Gasteiger charge is -2.40. The molecule has 0 aliphatic carbocycles. The Morgan fingerprint density at radius 3 is 2.13 bits per heavy atom. The highest BCUT2D eigenvalue weighted by Gasteiger charge is 2.42. The van der Waals surface area contributed by atoms with E-state index < -0.39 is 6.04 Å². The van der Waals surface area contributed by atoms with Crippen LogP contribution in [-0.2, 0) is 9.59 Å². The number of hydrogen-bond acceptors (Lipinski definition) is 4. The van der Waals surface area contributed by atoms with Gasteiger partial charge in [0.05, 0.1) is 19.9 Å². The quantitative estimate of drug-likeness (QED) is 0.651. The van der Waals surface area contributed by atoms with Gasteiger partial charge in [0.25, 0.3) is 5.91 Å². The summed E-state index contributed by atoms with van der Waals surface area (Å²) in [6, 6.07) is 23.0. The maximum Gasteiger partial charge on any atom is 0.255 e. The maximum absolute atomic E-state index is 13.7. The van der Waals surface area contributed by atoms with Gasteiger partial charge in [0.1, 0.15) is 24.1 Å². The Labute approximate surface area is 175 Å². The van der Waals surface area contributed by atoms with Gasteiger partial charge in [0, 0.05) is 11.8 Å². The number of amides is 2. The molecule has 1 atom stereocenters. The molecule has 3 aromatic rings. The van der Waals surface area contributed by atoms with Gasteiger partial charge in [0.15, 0.2) is 0 Å². The van der Waals surface area contributed by atoms with Gasteiger partial charge in [0.2, 0.25) is 5.91 Å². The monoisotopic (exact) mass is 402 g/mol. The van der Waals surface area contributed by atoms with Crippen LogP contribution in [0.1, 0.15) is 11.6 Å². The molecule has 0 spiro atoms. The van der Waals surface area contributed by atoms with Crippen molar-refractivity contribution in [1.29, 1.82) is 0 Å². The van der Waals surface area contributed by atoms with E-state index in [0.29, 0.717) is 22.9 Å². The number of carbonyl (C=O) groups excluding carboxylic acids is 2. The Hall–Kier alpha value is -3.80. The van der Waals surface area contributed by atoms with Crippen molar-refractivity contribution in [3.05, 3.63) is 84.4 Å². The fourth-order valence-electron chi connectivity index (χ4n) is 3.71. The fourth-order valence-corrected chi connectivity index (χ4v) is 3.71. The normalized spacial score (nSPS) is 16.5. The van der Waals surface area contributed by atoms with Crippen LogP contribution in [-0.4, -0.2) is 32.6 Å². The first-order valence-corrected chi connectivity index (χ1v) is 9.59. The minimum atomic E-state index is -0.776. The van der Waals surface area contributed by atoms with E-state index in [9.17, 15) is 9.59 Å². The van der Waals surface area contributed by atoms with Gasteiger partial charge >= 0.3 is 0 Å². The van der Waals surface area contributed by atoms with Crippen LogP contribution in [0.2, 0.25) is 0 Å². The van der Waals surface area contributed by atoms with Crippen LogP contribution in [0.4, 0.5) is 11.4 Å². The molecule has 6 heteroatoms. The van der Waals surface area contributed by atoms with Gasteiger partial charge in [-0.3, -0.25) is 19.4 Å². The molecular weight excluding hydrogens is 380 g/mol. The summed E-state index contributed by atoms with van der Waals surface area (Å²) in [6.45, 7) is -0.0836. The van der Waals surface area contributed by atoms with Crippen molar-refractivity contribution in [1.82, 2.24) is 0 Å². The number of piperazine rings is 1. The van der Waals surface area contributed by atoms with Crippen LogP contribution >= 0.6 is 0 Å². The SMILES string of the molecule is COc1ccc(N2CC(=O)N(c3ccccc3)C(c3ccccc3)C2=O)c(OC)c1. The Bertz CT molecular complexity index is 1050. The van der Waals surface area contributed by atoms with E-state index in [1.165, 1.54) is 12.0 Å². The van der Waals surface area contributed by atoms with Crippen molar-refractivity contribution in [3.63, 3.8) is 0 Å². The average Bonchev–Trinajstić information content (AvgIpc) is 2.80. The minimum absolute atomic E-state index is 0.0836. The molecule has 1 aliphatic rings. The van der Waals surface area contributed by atoms with Gasteiger partial charge < -0.3 is 9.47 Å². The van der Waals surface area contributed by atoms with E-state index in [1.807, 2.05) is 60.7 Å². The van der Waals surface area contributed by atoms with Crippen molar-refractivity contribution in [2.45, 2.75) is 6.04 Å². The Kier molecular flexibility index (Phi) is 5.39. The largest absolute Gasteiger partial charge is 0.497 e. The molecule has 0 N–H and O–H groups in total. The lowest BCUT2D eigenvalue weighted by molar-refractivity contribution is -0.128. The number of anilines is 2. The smallest absolute Gasteiger partial charge is 0.255 e. The third-order valence-corrected chi connectivity index (χ3v) is 5.15. The summed E-state index contributed by atoms with van der Waals surface area (Å²) in [5, 5.41) is 0. The van der Waals surface area contributed by atoms with Crippen molar-refractivity contribution in [2.75, 3.05) is 30.6 Å². The predicted octanol–water partition coefficient (Wildman–Crippen LogP) is 3.82. The Balaban J connectivity index is 1.81. The summed E-state index contributed by atoms with van der Waals surface area (Å²) in [6.07, 6.45) is 0. The topological polar surface area (TPSA) is 59.1 Å². The number of ether oxygens (including phenoxy) is 2. The maximum atomic E-state index is 13.7. The number of para-hydroxylation sites is 1. The summed E-state index contributed by atoms with van der Waals surface area (Å²) < 4.78 is 10.7. The van der Waals surface area contributed by atoms with Crippen molar-refractivity contribution in [3.8, 4) is 11.5 Å². The summed E-state index contributed by atoms with van der Waals surface area (Å²) in [7, 11) is 3.09. The number of nitrogens with zero attached hydrogens (tertiary/aromatic N) is 2. The number of methoxy groups -OCH3 is 2. The zero-order chi connectivity index (χ0) is 21.1. The molecule has 6 nitrogen and oxygen atoms in total. The number of carbonyl (C=O) groups is 2. The van der Waals surface area contributed by atoms with E-state index in [2.05, 4.69) is 0 Å². The first-order valence-electron chi connectivity index (χ1n) is 9.59. The second kappa shape index (κ2) is 8.29. The van der Waals surface area contributed by atoms with Gasteiger partial charge in [-0.05, 0) is 29.8 Å². The van der Waals surface area contributed by atoms with Crippen molar-refractivity contribution in [2.24, 2.45) is 0 Å². The molecule has 1 heterocycles. The van der Waals surface area contributed by atoms with E-state index in [0.717, 1.165) is 5.56 Å². The lowest BCUT2D eigenvalue weighted by Crippen LogP contribution is -2.56. The van der Waals surface area contributed by atoms with E-state index in [-0.39, 0.29) is 18.4 Å². The molecule has 30 heavy (non-hydrogen) atoms. The summed E-state index contributed by atoms with van der Waals surface area (Å²) in [5.41, 5.74) is 1.97. The standard InChI is InChI=1S/C24H22N2O4/c1-29-19-13-14-20(21(15-19)30-2)25-16-22(27)26(18-11-7-4-8-12-18)23(24(25)28)17-9-5-3-6-10-17/h3-15,23H,16H2,1-2H3. The highest BCUT2D eigenvalue weighted by molar-refractivity contribution is 6.15. The molecular formula is C24H22N2O4. The highest BCUT2D eigenvalue weighted by atomic mass is 16.5. The fraction of sp³-hybridized carbons (Fsp3) is 0.167. The van der Waals surface area contributed by atoms with Crippen LogP contribution < -0.4 is 19.3 Å². The van der Waals surface area contributed by atoms with Gasteiger partial charge in [-0.15, -0.1) is 0 Å². The summed E-state index contributed by atoms with van der Waals surface area (Å²) in [5.74, 6) is 0.702. The van der Waals surface area contributed by atoms with Gasteiger partial charge in [-0.25, -0.2) is 0 Å². The molecule has 0 saturated carbocycles. The van der Waals surface area contributed by atoms with Crippen LogP contribution in [0.3, 0.4) is 0 Å². The van der Waals surface area contributed by atoms with Gasteiger partial charge in [-0.2, -0.15) is 0 Å². The molecule has 1 unspecified atom stereocenters. The molecule has 1 saturated heterocycles. The zero-order valence-corrected chi connectivity index (χ0v) is 16.8. The van der Waals surface area contributed by atoms with E-state index in [4.69, 9.17) is 9.47 Å². The first kappa shape index (κ1) is 19.5. The second-order valence-corrected chi connectivity index (χ2v) is 6.87. The molecule has 152 valence electrons. The minimum Gasteiger partial charge on any atom is -0.497 e. The van der Waals surface area contributed by atoms with Crippen LogP contribution in [0.15, 0.2) is 78.9 Å². The van der Waals surface area contributed by atoms with E-state index in [1.54, 1.807) is 30.2 Å². The van der Waals surface area contributed by atoms with Crippen molar-refractivity contribution < 1.29 is 19.1 Å². The van der Waals surface area contributed by atoms with E-state index >= 15 is 0 Å². The van der Waals surface area contributed by atoms with Gasteiger partial charge in [-0.1, -0.05) is 48.5 Å². The molecule has 3 aromatic carbocycles. The lowest BCUT2D eigenvalue weighted by atomic mass is 9.99. The third kappa shape index (κ3) is 3.48. The Morgan fingerprint density at radius 2 is 1.50 bits per heavy atom. The molecule has 0 aromatic heterocycles. The molecule has 2 amide bonds. The molecule has 4 rings (SSSR count). The highest BCUT2D eigenvalue weighted by Crippen LogP contribution is 2.38.